The number of rotatable bonds is 7. The van der Waals surface area contributed by atoms with Gasteiger partial charge in [0.1, 0.15) is 0 Å². The molecule has 0 radical (unpaired) electrons. The Labute approximate surface area is 147 Å². The minimum Gasteiger partial charge on any atom is -0.493 e. The lowest BCUT2D eigenvalue weighted by atomic mass is 10.1. The summed E-state index contributed by atoms with van der Waals surface area (Å²) in [6, 6.07) is 3.44. The molecule has 1 atom stereocenters. The van der Waals surface area contributed by atoms with Crippen molar-refractivity contribution in [3.05, 3.63) is 35.2 Å². The van der Waals surface area contributed by atoms with E-state index in [2.05, 4.69) is 10.4 Å². The first-order valence-electron chi connectivity index (χ1n) is 7.98. The molecule has 0 saturated carbocycles. The molecule has 1 aromatic heterocycles. The van der Waals surface area contributed by atoms with Crippen LogP contribution in [-0.2, 0) is 18.3 Å². The molecule has 7 heteroatoms. The first kappa shape index (κ1) is 18.6. The van der Waals surface area contributed by atoms with Gasteiger partial charge in [-0.1, -0.05) is 0 Å². The third-order valence-electron chi connectivity index (χ3n) is 4.21. The van der Waals surface area contributed by atoms with Crippen molar-refractivity contribution < 1.29 is 19.0 Å². The fraction of sp³-hybridized carbons (Fsp3) is 0.444. The minimum atomic E-state index is -0.122. The summed E-state index contributed by atoms with van der Waals surface area (Å²) >= 11 is 0. The highest BCUT2D eigenvalue weighted by Crippen LogP contribution is 2.38. The van der Waals surface area contributed by atoms with Gasteiger partial charge in [0, 0.05) is 18.3 Å². The van der Waals surface area contributed by atoms with Crippen LogP contribution in [0.3, 0.4) is 0 Å². The van der Waals surface area contributed by atoms with Crippen LogP contribution in [0.2, 0.25) is 0 Å². The van der Waals surface area contributed by atoms with Crippen LogP contribution >= 0.6 is 0 Å². The summed E-state index contributed by atoms with van der Waals surface area (Å²) < 4.78 is 17.7. The van der Waals surface area contributed by atoms with E-state index in [4.69, 9.17) is 14.2 Å². The van der Waals surface area contributed by atoms with E-state index >= 15 is 0 Å². The Morgan fingerprint density at radius 3 is 2.24 bits per heavy atom. The smallest absolute Gasteiger partial charge is 0.224 e. The molecule has 2 aromatic rings. The van der Waals surface area contributed by atoms with Crippen molar-refractivity contribution in [3.8, 4) is 17.2 Å². The lowest BCUT2D eigenvalue weighted by Crippen LogP contribution is -2.28. The molecule has 2 rings (SSSR count). The maximum absolute atomic E-state index is 12.4. The van der Waals surface area contributed by atoms with Crippen LogP contribution < -0.4 is 19.5 Å². The Hall–Kier alpha value is -2.70. The number of nitrogens with zero attached hydrogens (tertiary/aromatic N) is 2. The van der Waals surface area contributed by atoms with E-state index in [1.54, 1.807) is 44.3 Å². The third kappa shape index (κ3) is 4.04. The summed E-state index contributed by atoms with van der Waals surface area (Å²) in [4.78, 5) is 12.4. The average molecular weight is 347 g/mol. The standard InChI is InChI=1S/C18H25N3O4/c1-11(14-10-19-21(3)12(14)2)20-17(22)9-13-7-15(23-4)18(25-6)16(8-13)24-5/h7-8,10-11H,9H2,1-6H3,(H,20,22). The van der Waals surface area contributed by atoms with Gasteiger partial charge < -0.3 is 19.5 Å². The zero-order valence-electron chi connectivity index (χ0n) is 15.5. The van der Waals surface area contributed by atoms with Crippen LogP contribution in [0.1, 0.15) is 29.8 Å². The normalized spacial score (nSPS) is 11.8. The first-order valence-corrected chi connectivity index (χ1v) is 7.98. The van der Waals surface area contributed by atoms with E-state index in [1.165, 1.54) is 0 Å². The number of aromatic nitrogens is 2. The number of benzene rings is 1. The van der Waals surface area contributed by atoms with Crippen molar-refractivity contribution in [2.75, 3.05) is 21.3 Å². The van der Waals surface area contributed by atoms with Gasteiger partial charge in [-0.2, -0.15) is 5.10 Å². The molecule has 1 N–H and O–H groups in total. The third-order valence-corrected chi connectivity index (χ3v) is 4.21. The van der Waals surface area contributed by atoms with Crippen LogP contribution in [-0.4, -0.2) is 37.0 Å². The van der Waals surface area contributed by atoms with Crippen molar-refractivity contribution in [1.82, 2.24) is 15.1 Å². The average Bonchev–Trinajstić information content (AvgIpc) is 2.92. The fourth-order valence-electron chi connectivity index (χ4n) is 2.73. The van der Waals surface area contributed by atoms with Crippen molar-refractivity contribution >= 4 is 5.91 Å². The van der Waals surface area contributed by atoms with Crippen molar-refractivity contribution in [3.63, 3.8) is 0 Å². The maximum atomic E-state index is 12.4. The molecule has 1 heterocycles. The highest BCUT2D eigenvalue weighted by atomic mass is 16.5. The number of carbonyl (C=O) groups is 1. The lowest BCUT2D eigenvalue weighted by molar-refractivity contribution is -0.121. The number of carbonyl (C=O) groups excluding carboxylic acids is 1. The Balaban J connectivity index is 2.13. The van der Waals surface area contributed by atoms with Crippen LogP contribution in [0.15, 0.2) is 18.3 Å². The molecule has 1 amide bonds. The second-order valence-electron chi connectivity index (χ2n) is 5.81. The number of aryl methyl sites for hydroxylation is 1. The van der Waals surface area contributed by atoms with E-state index < -0.39 is 0 Å². The van der Waals surface area contributed by atoms with Gasteiger partial charge in [0.05, 0.1) is 40.0 Å². The Morgan fingerprint density at radius 1 is 1.20 bits per heavy atom. The summed E-state index contributed by atoms with van der Waals surface area (Å²) in [6.07, 6.45) is 1.99. The van der Waals surface area contributed by atoms with E-state index in [0.717, 1.165) is 16.8 Å². The van der Waals surface area contributed by atoms with Gasteiger partial charge in [-0.3, -0.25) is 9.48 Å². The Morgan fingerprint density at radius 2 is 1.80 bits per heavy atom. The largest absolute Gasteiger partial charge is 0.493 e. The number of ether oxygens (including phenoxy) is 3. The lowest BCUT2D eigenvalue weighted by Gasteiger charge is -2.16. The molecule has 25 heavy (non-hydrogen) atoms. The molecule has 0 bridgehead atoms. The molecule has 0 spiro atoms. The molecule has 1 aromatic carbocycles. The van der Waals surface area contributed by atoms with E-state index in [9.17, 15) is 4.79 Å². The van der Waals surface area contributed by atoms with E-state index in [-0.39, 0.29) is 18.4 Å². The second-order valence-corrected chi connectivity index (χ2v) is 5.81. The predicted octanol–water partition coefficient (Wildman–Crippen LogP) is 2.17. The SMILES string of the molecule is COc1cc(CC(=O)NC(C)c2cnn(C)c2C)cc(OC)c1OC. The molecule has 0 aliphatic rings. The van der Waals surface area contributed by atoms with Gasteiger partial charge in [-0.25, -0.2) is 0 Å². The quantitative estimate of drug-likeness (QED) is 0.831. The van der Waals surface area contributed by atoms with Crippen LogP contribution in [0, 0.1) is 6.92 Å². The van der Waals surface area contributed by atoms with E-state index in [1.807, 2.05) is 20.9 Å². The van der Waals surface area contributed by atoms with Gasteiger partial charge in [-0.05, 0) is 31.5 Å². The molecule has 0 aliphatic carbocycles. The molecule has 7 nitrogen and oxygen atoms in total. The van der Waals surface area contributed by atoms with Crippen molar-refractivity contribution in [1.29, 1.82) is 0 Å². The highest BCUT2D eigenvalue weighted by molar-refractivity contribution is 5.79. The number of methoxy groups -OCH3 is 3. The second kappa shape index (κ2) is 7.92. The summed E-state index contributed by atoms with van der Waals surface area (Å²) in [5.74, 6) is 1.47. The number of hydrogen-bond acceptors (Lipinski definition) is 5. The number of amides is 1. The number of nitrogens with one attached hydrogen (secondary N) is 1. The monoisotopic (exact) mass is 347 g/mol. The van der Waals surface area contributed by atoms with Gasteiger partial charge >= 0.3 is 0 Å². The minimum absolute atomic E-state index is 0.0926. The molecule has 0 fully saturated rings. The molecular weight excluding hydrogens is 322 g/mol. The van der Waals surface area contributed by atoms with Crippen LogP contribution in [0.25, 0.3) is 0 Å². The van der Waals surface area contributed by atoms with Crippen LogP contribution in [0.5, 0.6) is 17.2 Å². The zero-order chi connectivity index (χ0) is 18.6. The summed E-state index contributed by atoms with van der Waals surface area (Å²) in [7, 11) is 6.52. The number of hydrogen-bond donors (Lipinski definition) is 1. The summed E-state index contributed by atoms with van der Waals surface area (Å²) in [5, 5.41) is 7.21. The van der Waals surface area contributed by atoms with Crippen molar-refractivity contribution in [2.24, 2.45) is 7.05 Å². The first-order chi connectivity index (χ1) is 11.9. The van der Waals surface area contributed by atoms with Gasteiger partial charge in [0.2, 0.25) is 11.7 Å². The fourth-order valence-corrected chi connectivity index (χ4v) is 2.73. The molecule has 1 unspecified atom stereocenters. The highest BCUT2D eigenvalue weighted by Gasteiger charge is 2.17. The topological polar surface area (TPSA) is 74.6 Å². The molecule has 0 aliphatic heterocycles. The van der Waals surface area contributed by atoms with Gasteiger partial charge in [0.25, 0.3) is 0 Å². The zero-order valence-corrected chi connectivity index (χ0v) is 15.5. The van der Waals surface area contributed by atoms with Gasteiger partial charge in [-0.15, -0.1) is 0 Å². The van der Waals surface area contributed by atoms with Gasteiger partial charge in [0.15, 0.2) is 11.5 Å². The Kier molecular flexibility index (Phi) is 5.90. The Bertz CT molecular complexity index is 730. The summed E-state index contributed by atoms with van der Waals surface area (Å²) in [5.41, 5.74) is 2.81. The maximum Gasteiger partial charge on any atom is 0.224 e. The van der Waals surface area contributed by atoms with Crippen molar-refractivity contribution in [2.45, 2.75) is 26.3 Å². The predicted molar refractivity (Wildman–Crippen MR) is 94.3 cm³/mol. The van der Waals surface area contributed by atoms with Crippen LogP contribution in [0.4, 0.5) is 0 Å². The molecule has 136 valence electrons. The molecular formula is C18H25N3O4. The summed E-state index contributed by atoms with van der Waals surface area (Å²) in [6.45, 7) is 3.92. The van der Waals surface area contributed by atoms with E-state index in [0.29, 0.717) is 17.2 Å². The molecule has 0 saturated heterocycles.